The summed E-state index contributed by atoms with van der Waals surface area (Å²) in [6, 6.07) is 10.4. The van der Waals surface area contributed by atoms with Gasteiger partial charge in [0.15, 0.2) is 0 Å². The van der Waals surface area contributed by atoms with Gasteiger partial charge in [0.05, 0.1) is 27.5 Å². The first-order valence-corrected chi connectivity index (χ1v) is 10.1. The lowest BCUT2D eigenvalue weighted by molar-refractivity contribution is -0.385. The summed E-state index contributed by atoms with van der Waals surface area (Å²) in [7, 11) is -3.93. The maximum atomic E-state index is 12.2. The van der Waals surface area contributed by atoms with E-state index in [-0.39, 0.29) is 22.8 Å². The molecule has 0 atom stereocenters. The lowest BCUT2D eigenvalue weighted by atomic mass is 10.1. The molecule has 0 unspecified atom stereocenters. The quantitative estimate of drug-likeness (QED) is 0.375. The zero-order valence-electron chi connectivity index (χ0n) is 15.9. The van der Waals surface area contributed by atoms with E-state index in [9.17, 15) is 33.4 Å². The van der Waals surface area contributed by atoms with Crippen LogP contribution in [0.4, 0.5) is 17.1 Å². The Hall–Kier alpha value is -3.87. The molecule has 0 spiro atoms. The number of carbonyl (C=O) groups is 1. The summed E-state index contributed by atoms with van der Waals surface area (Å²) in [6.07, 6.45) is 0.858. The molecule has 158 valence electrons. The highest BCUT2D eigenvalue weighted by Gasteiger charge is 2.22. The number of rotatable bonds is 8. The van der Waals surface area contributed by atoms with E-state index in [4.69, 9.17) is 0 Å². The van der Waals surface area contributed by atoms with Crippen molar-refractivity contribution in [2.45, 2.75) is 6.92 Å². The summed E-state index contributed by atoms with van der Waals surface area (Å²) in [5, 5.41) is 25.6. The number of hydrazone groups is 1. The number of nitro groups is 2. The van der Waals surface area contributed by atoms with Crippen molar-refractivity contribution in [1.82, 2.24) is 5.43 Å². The van der Waals surface area contributed by atoms with Gasteiger partial charge in [0.2, 0.25) is 10.0 Å². The first-order valence-electron chi connectivity index (χ1n) is 8.29. The van der Waals surface area contributed by atoms with Gasteiger partial charge in [0, 0.05) is 29.8 Å². The predicted octanol–water partition coefficient (Wildman–Crippen LogP) is 1.81. The smallest absolute Gasteiger partial charge is 0.271 e. The van der Waals surface area contributed by atoms with Crippen LogP contribution < -0.4 is 9.73 Å². The van der Waals surface area contributed by atoms with E-state index < -0.39 is 32.3 Å². The third-order valence-electron chi connectivity index (χ3n) is 3.84. The van der Waals surface area contributed by atoms with Gasteiger partial charge in [0.25, 0.3) is 17.3 Å². The second-order valence-corrected chi connectivity index (χ2v) is 7.99. The van der Waals surface area contributed by atoms with Gasteiger partial charge in [-0.2, -0.15) is 5.10 Å². The normalized spacial score (nSPS) is 11.6. The highest BCUT2D eigenvalue weighted by Crippen LogP contribution is 2.23. The molecule has 13 heteroatoms. The molecule has 2 aromatic carbocycles. The fraction of sp³-hybridized carbons (Fsp3) is 0.176. The van der Waals surface area contributed by atoms with Crippen LogP contribution in [0.25, 0.3) is 0 Å². The Labute approximate surface area is 171 Å². The number of hydrogen-bond donors (Lipinski definition) is 1. The summed E-state index contributed by atoms with van der Waals surface area (Å²) < 4.78 is 24.9. The Morgan fingerprint density at radius 1 is 1.07 bits per heavy atom. The van der Waals surface area contributed by atoms with Gasteiger partial charge in [0.1, 0.15) is 6.54 Å². The molecule has 0 radical (unpaired) electrons. The minimum absolute atomic E-state index is 0.0544. The predicted molar refractivity (Wildman–Crippen MR) is 109 cm³/mol. The Kier molecular flexibility index (Phi) is 6.79. The SMILES string of the molecule is C/C(=N/NC(=O)CN(c1cccc([N+](=O)[O-])c1)S(C)(=O)=O)c1cccc([N+](=O)[O-])c1. The van der Waals surface area contributed by atoms with Crippen LogP contribution in [0.2, 0.25) is 0 Å². The Morgan fingerprint density at radius 2 is 1.63 bits per heavy atom. The van der Waals surface area contributed by atoms with Crippen LogP contribution in [0.5, 0.6) is 0 Å². The number of carbonyl (C=O) groups excluding carboxylic acids is 1. The second kappa shape index (κ2) is 9.09. The topological polar surface area (TPSA) is 165 Å². The molecule has 1 amide bonds. The molecule has 0 bridgehead atoms. The summed E-state index contributed by atoms with van der Waals surface area (Å²) in [4.78, 5) is 32.8. The van der Waals surface area contributed by atoms with Crippen LogP contribution in [0.1, 0.15) is 12.5 Å². The number of non-ortho nitro benzene ring substituents is 2. The van der Waals surface area contributed by atoms with E-state index in [1.807, 2.05) is 0 Å². The Balaban J connectivity index is 2.20. The number of nitro benzene ring substituents is 2. The average molecular weight is 435 g/mol. The van der Waals surface area contributed by atoms with E-state index in [1.54, 1.807) is 6.07 Å². The Bertz CT molecular complexity index is 1130. The number of benzene rings is 2. The van der Waals surface area contributed by atoms with Gasteiger partial charge in [-0.3, -0.25) is 29.3 Å². The molecular weight excluding hydrogens is 418 g/mol. The third-order valence-corrected chi connectivity index (χ3v) is 4.98. The molecule has 0 aliphatic rings. The van der Waals surface area contributed by atoms with E-state index in [2.05, 4.69) is 10.5 Å². The molecule has 0 aliphatic heterocycles. The van der Waals surface area contributed by atoms with Gasteiger partial charge in [-0.25, -0.2) is 13.8 Å². The molecule has 30 heavy (non-hydrogen) atoms. The lowest BCUT2D eigenvalue weighted by Gasteiger charge is -2.21. The average Bonchev–Trinajstić information content (AvgIpc) is 2.69. The molecule has 0 saturated carbocycles. The van der Waals surface area contributed by atoms with Crippen LogP contribution in [0, 0.1) is 20.2 Å². The molecule has 0 fully saturated rings. The molecule has 1 N–H and O–H groups in total. The van der Waals surface area contributed by atoms with Crippen molar-refractivity contribution >= 4 is 38.7 Å². The van der Waals surface area contributed by atoms with Crippen LogP contribution >= 0.6 is 0 Å². The van der Waals surface area contributed by atoms with E-state index in [0.717, 1.165) is 12.3 Å². The summed E-state index contributed by atoms with van der Waals surface area (Å²) in [5.41, 5.74) is 2.29. The molecule has 0 aromatic heterocycles. The van der Waals surface area contributed by atoms with E-state index in [0.29, 0.717) is 9.87 Å². The molecule has 0 aliphatic carbocycles. The fourth-order valence-corrected chi connectivity index (χ4v) is 3.23. The van der Waals surface area contributed by atoms with Gasteiger partial charge in [-0.05, 0) is 13.0 Å². The molecule has 2 aromatic rings. The molecule has 2 rings (SSSR count). The molecule has 0 heterocycles. The van der Waals surface area contributed by atoms with Gasteiger partial charge in [-0.1, -0.05) is 18.2 Å². The number of anilines is 1. The molecule has 0 saturated heterocycles. The molecule has 12 nitrogen and oxygen atoms in total. The maximum absolute atomic E-state index is 12.2. The number of nitrogens with one attached hydrogen (secondary N) is 1. The van der Waals surface area contributed by atoms with Crippen LogP contribution in [-0.2, 0) is 14.8 Å². The lowest BCUT2D eigenvalue weighted by Crippen LogP contribution is -2.39. The standard InChI is InChI=1S/C17H17N5O7S/c1-12(13-5-3-7-15(9-13)21(24)25)18-19-17(23)11-20(30(2,28)29)14-6-4-8-16(10-14)22(26)27/h3-10H,11H2,1-2H3,(H,19,23)/b18-12-. The van der Waals surface area contributed by atoms with Crippen molar-refractivity contribution in [3.63, 3.8) is 0 Å². The minimum Gasteiger partial charge on any atom is -0.271 e. The molecular formula is C17H17N5O7S. The zero-order chi connectivity index (χ0) is 22.5. The van der Waals surface area contributed by atoms with Crippen molar-refractivity contribution in [3.05, 3.63) is 74.3 Å². The highest BCUT2D eigenvalue weighted by atomic mass is 32.2. The summed E-state index contributed by atoms with van der Waals surface area (Å²) >= 11 is 0. The largest absolute Gasteiger partial charge is 0.271 e. The minimum atomic E-state index is -3.93. The third kappa shape index (κ3) is 5.81. The van der Waals surface area contributed by atoms with Crippen molar-refractivity contribution in [1.29, 1.82) is 0 Å². The number of nitrogens with zero attached hydrogens (tertiary/aromatic N) is 4. The summed E-state index contributed by atoms with van der Waals surface area (Å²) in [5.74, 6) is -0.809. The fourth-order valence-electron chi connectivity index (χ4n) is 2.38. The van der Waals surface area contributed by atoms with Crippen molar-refractivity contribution < 1.29 is 23.1 Å². The maximum Gasteiger partial charge on any atom is 0.271 e. The number of sulfonamides is 1. The Morgan fingerprint density at radius 3 is 2.20 bits per heavy atom. The van der Waals surface area contributed by atoms with E-state index >= 15 is 0 Å². The van der Waals surface area contributed by atoms with E-state index in [1.165, 1.54) is 43.3 Å². The zero-order valence-corrected chi connectivity index (χ0v) is 16.7. The first-order chi connectivity index (χ1) is 14.0. The van der Waals surface area contributed by atoms with Gasteiger partial charge in [-0.15, -0.1) is 0 Å². The van der Waals surface area contributed by atoms with Crippen molar-refractivity contribution in [3.8, 4) is 0 Å². The van der Waals surface area contributed by atoms with Crippen LogP contribution in [0.15, 0.2) is 53.6 Å². The van der Waals surface area contributed by atoms with Crippen molar-refractivity contribution in [2.75, 3.05) is 17.1 Å². The second-order valence-electron chi connectivity index (χ2n) is 6.09. The monoisotopic (exact) mass is 435 g/mol. The highest BCUT2D eigenvalue weighted by molar-refractivity contribution is 7.92. The van der Waals surface area contributed by atoms with Crippen LogP contribution in [0.3, 0.4) is 0 Å². The number of hydrogen-bond acceptors (Lipinski definition) is 8. The van der Waals surface area contributed by atoms with Crippen LogP contribution in [-0.4, -0.2) is 42.7 Å². The summed E-state index contributed by atoms with van der Waals surface area (Å²) in [6.45, 7) is 0.833. The van der Waals surface area contributed by atoms with Gasteiger partial charge >= 0.3 is 0 Å². The first kappa shape index (κ1) is 22.4. The van der Waals surface area contributed by atoms with Crippen molar-refractivity contribution in [2.24, 2.45) is 5.10 Å². The van der Waals surface area contributed by atoms with Gasteiger partial charge < -0.3 is 0 Å². The number of amides is 1.